The van der Waals surface area contributed by atoms with Crippen molar-refractivity contribution < 1.29 is 4.79 Å². The third kappa shape index (κ3) is 3.10. The summed E-state index contributed by atoms with van der Waals surface area (Å²) in [4.78, 5) is 13.2. The van der Waals surface area contributed by atoms with Crippen LogP contribution in [0.5, 0.6) is 0 Å². The average Bonchev–Trinajstić information content (AvgIpc) is 2.38. The number of hydrogen-bond acceptors (Lipinski definition) is 2. The van der Waals surface area contributed by atoms with Crippen molar-refractivity contribution in [2.75, 3.05) is 20.6 Å². The molecule has 0 bridgehead atoms. The van der Waals surface area contributed by atoms with E-state index < -0.39 is 0 Å². The number of fused-ring (bicyclic) bond motifs is 1. The van der Waals surface area contributed by atoms with E-state index in [0.717, 1.165) is 6.54 Å². The Kier molecular flexibility index (Phi) is 4.37. The minimum Gasteiger partial charge on any atom is -0.349 e. The highest BCUT2D eigenvalue weighted by atomic mass is 16.2. The Hall–Kier alpha value is -1.35. The maximum Gasteiger partial charge on any atom is 0.223 e. The molecule has 1 unspecified atom stereocenters. The fraction of sp³-hybridized carbons (Fsp3) is 0.533. The summed E-state index contributed by atoms with van der Waals surface area (Å²) in [7, 11) is 3.61. The molecule has 1 aliphatic rings. The van der Waals surface area contributed by atoms with Gasteiger partial charge in [0.2, 0.25) is 5.91 Å². The van der Waals surface area contributed by atoms with Gasteiger partial charge in [-0.05, 0) is 30.4 Å². The van der Waals surface area contributed by atoms with Crippen LogP contribution in [0, 0.1) is 0 Å². The minimum atomic E-state index is 0.187. The fourth-order valence-electron chi connectivity index (χ4n) is 2.54. The molecule has 0 heterocycles. The highest BCUT2D eigenvalue weighted by Crippen LogP contribution is 2.29. The Morgan fingerprint density at radius 1 is 1.39 bits per heavy atom. The number of aryl methyl sites for hydroxylation is 1. The van der Waals surface area contributed by atoms with Crippen LogP contribution in [0.25, 0.3) is 0 Å². The van der Waals surface area contributed by atoms with Gasteiger partial charge < -0.3 is 10.2 Å². The molecule has 1 aliphatic carbocycles. The first-order valence-corrected chi connectivity index (χ1v) is 6.70. The smallest absolute Gasteiger partial charge is 0.223 e. The monoisotopic (exact) mass is 246 g/mol. The van der Waals surface area contributed by atoms with Gasteiger partial charge in [-0.15, -0.1) is 0 Å². The summed E-state index contributed by atoms with van der Waals surface area (Å²) < 4.78 is 0. The van der Waals surface area contributed by atoms with Gasteiger partial charge in [0.05, 0.1) is 0 Å². The van der Waals surface area contributed by atoms with Crippen LogP contribution in [-0.4, -0.2) is 31.4 Å². The summed E-state index contributed by atoms with van der Waals surface area (Å²) in [5.74, 6) is 0.187. The third-order valence-electron chi connectivity index (χ3n) is 3.60. The lowest BCUT2D eigenvalue weighted by Gasteiger charge is -2.26. The van der Waals surface area contributed by atoms with E-state index in [0.29, 0.717) is 12.5 Å². The molecule has 0 spiro atoms. The maximum atomic E-state index is 11.5. The van der Waals surface area contributed by atoms with Crippen LogP contribution in [0.3, 0.4) is 0 Å². The van der Waals surface area contributed by atoms with Crippen LogP contribution in [0.2, 0.25) is 0 Å². The van der Waals surface area contributed by atoms with E-state index in [4.69, 9.17) is 0 Å². The Morgan fingerprint density at radius 3 is 2.94 bits per heavy atom. The summed E-state index contributed by atoms with van der Waals surface area (Å²) >= 11 is 0. The van der Waals surface area contributed by atoms with Gasteiger partial charge in [0.1, 0.15) is 0 Å². The standard InChI is InChI=1S/C15H22N2O/c1-17(2)15(18)10-11-16-14-9-5-7-12-6-3-4-8-13(12)14/h3-4,6,8,14,16H,5,7,9-11H2,1-2H3. The van der Waals surface area contributed by atoms with Crippen molar-refractivity contribution in [2.24, 2.45) is 0 Å². The van der Waals surface area contributed by atoms with Gasteiger partial charge in [-0.3, -0.25) is 4.79 Å². The quantitative estimate of drug-likeness (QED) is 0.882. The largest absolute Gasteiger partial charge is 0.349 e. The lowest BCUT2D eigenvalue weighted by Crippen LogP contribution is -2.30. The zero-order valence-electron chi connectivity index (χ0n) is 11.3. The Labute approximate surface area is 109 Å². The number of carbonyl (C=O) groups is 1. The van der Waals surface area contributed by atoms with Crippen LogP contribution in [-0.2, 0) is 11.2 Å². The van der Waals surface area contributed by atoms with E-state index in [2.05, 4.69) is 29.6 Å². The Balaban J connectivity index is 1.90. The first-order chi connectivity index (χ1) is 8.68. The van der Waals surface area contributed by atoms with E-state index in [9.17, 15) is 4.79 Å². The van der Waals surface area contributed by atoms with E-state index >= 15 is 0 Å². The van der Waals surface area contributed by atoms with Crippen LogP contribution in [0.15, 0.2) is 24.3 Å². The molecule has 0 saturated heterocycles. The Morgan fingerprint density at radius 2 is 2.17 bits per heavy atom. The molecule has 1 aromatic carbocycles. The molecule has 1 amide bonds. The van der Waals surface area contributed by atoms with E-state index in [1.165, 1.54) is 30.4 Å². The number of nitrogens with one attached hydrogen (secondary N) is 1. The normalized spacial score (nSPS) is 18.2. The average molecular weight is 246 g/mol. The molecule has 1 aromatic rings. The number of amides is 1. The maximum absolute atomic E-state index is 11.5. The van der Waals surface area contributed by atoms with Gasteiger partial charge >= 0.3 is 0 Å². The first kappa shape index (κ1) is 13.1. The number of nitrogens with zero attached hydrogens (tertiary/aromatic N) is 1. The highest BCUT2D eigenvalue weighted by molar-refractivity contribution is 5.75. The van der Waals surface area contributed by atoms with Gasteiger partial charge in [0.15, 0.2) is 0 Å². The van der Waals surface area contributed by atoms with E-state index in [-0.39, 0.29) is 5.91 Å². The van der Waals surface area contributed by atoms with Gasteiger partial charge in [-0.25, -0.2) is 0 Å². The molecule has 3 nitrogen and oxygen atoms in total. The summed E-state index contributed by atoms with van der Waals surface area (Å²) in [5.41, 5.74) is 2.88. The van der Waals surface area contributed by atoms with Crippen LogP contribution >= 0.6 is 0 Å². The third-order valence-corrected chi connectivity index (χ3v) is 3.60. The fourth-order valence-corrected chi connectivity index (χ4v) is 2.54. The molecule has 0 saturated carbocycles. The summed E-state index contributed by atoms with van der Waals surface area (Å²) in [5, 5.41) is 3.52. The predicted molar refractivity (Wildman–Crippen MR) is 73.4 cm³/mol. The molecule has 18 heavy (non-hydrogen) atoms. The molecule has 0 radical (unpaired) electrons. The summed E-state index contributed by atoms with van der Waals surface area (Å²) in [6.07, 6.45) is 4.17. The molecule has 0 aromatic heterocycles. The molecule has 3 heteroatoms. The van der Waals surface area contributed by atoms with Crippen molar-refractivity contribution in [3.8, 4) is 0 Å². The summed E-state index contributed by atoms with van der Waals surface area (Å²) in [6.45, 7) is 0.760. The number of carbonyl (C=O) groups excluding carboxylic acids is 1. The zero-order chi connectivity index (χ0) is 13.0. The van der Waals surface area contributed by atoms with Crippen molar-refractivity contribution >= 4 is 5.91 Å². The van der Waals surface area contributed by atoms with E-state index in [1.54, 1.807) is 19.0 Å². The van der Waals surface area contributed by atoms with Gasteiger partial charge in [0.25, 0.3) is 0 Å². The molecular weight excluding hydrogens is 224 g/mol. The van der Waals surface area contributed by atoms with E-state index in [1.807, 2.05) is 0 Å². The highest BCUT2D eigenvalue weighted by Gasteiger charge is 2.19. The number of rotatable bonds is 4. The first-order valence-electron chi connectivity index (χ1n) is 6.70. The van der Waals surface area contributed by atoms with Gasteiger partial charge in [-0.2, -0.15) is 0 Å². The van der Waals surface area contributed by atoms with Crippen molar-refractivity contribution in [2.45, 2.75) is 31.7 Å². The molecule has 2 rings (SSSR count). The second-order valence-electron chi connectivity index (χ2n) is 5.14. The second-order valence-corrected chi connectivity index (χ2v) is 5.14. The van der Waals surface area contributed by atoms with Gasteiger partial charge in [0, 0.05) is 33.1 Å². The van der Waals surface area contributed by atoms with Crippen molar-refractivity contribution in [3.05, 3.63) is 35.4 Å². The lowest BCUT2D eigenvalue weighted by atomic mass is 9.88. The summed E-state index contributed by atoms with van der Waals surface area (Å²) in [6, 6.07) is 9.05. The molecule has 0 fully saturated rings. The SMILES string of the molecule is CN(C)C(=O)CCNC1CCCc2ccccc21. The van der Waals surface area contributed by atoms with Gasteiger partial charge in [-0.1, -0.05) is 24.3 Å². The number of hydrogen-bond donors (Lipinski definition) is 1. The zero-order valence-corrected chi connectivity index (χ0v) is 11.3. The molecule has 1 atom stereocenters. The second kappa shape index (κ2) is 6.01. The predicted octanol–water partition coefficient (Wildman–Crippen LogP) is 2.13. The minimum absolute atomic E-state index is 0.187. The molecule has 98 valence electrons. The lowest BCUT2D eigenvalue weighted by molar-refractivity contribution is -0.128. The van der Waals surface area contributed by atoms with Crippen molar-refractivity contribution in [3.63, 3.8) is 0 Å². The molecule has 0 aliphatic heterocycles. The van der Waals surface area contributed by atoms with Crippen molar-refractivity contribution in [1.82, 2.24) is 10.2 Å². The van der Waals surface area contributed by atoms with Crippen LogP contribution < -0.4 is 5.32 Å². The topological polar surface area (TPSA) is 32.3 Å². The Bertz CT molecular complexity index is 415. The molecule has 1 N–H and O–H groups in total. The number of benzene rings is 1. The molecular formula is C15H22N2O. The van der Waals surface area contributed by atoms with Crippen molar-refractivity contribution in [1.29, 1.82) is 0 Å². The van der Waals surface area contributed by atoms with Crippen LogP contribution in [0.4, 0.5) is 0 Å². The van der Waals surface area contributed by atoms with Crippen LogP contribution in [0.1, 0.15) is 36.4 Å².